The van der Waals surface area contributed by atoms with Gasteiger partial charge in [-0.2, -0.15) is 5.10 Å². The van der Waals surface area contributed by atoms with Crippen molar-refractivity contribution in [2.75, 3.05) is 5.32 Å². The molecule has 1 aromatic rings. The molecule has 0 atom stereocenters. The van der Waals surface area contributed by atoms with Gasteiger partial charge < -0.3 is 5.32 Å². The van der Waals surface area contributed by atoms with Gasteiger partial charge >= 0.3 is 0 Å². The maximum atomic E-state index is 12.1. The van der Waals surface area contributed by atoms with Crippen molar-refractivity contribution in [2.24, 2.45) is 17.3 Å². The summed E-state index contributed by atoms with van der Waals surface area (Å²) >= 11 is 0. The number of carbonyl (C=O) groups is 1. The average Bonchev–Trinajstić information content (AvgIpc) is 2.81. The predicted octanol–water partition coefficient (Wildman–Crippen LogP) is 3.20. The summed E-state index contributed by atoms with van der Waals surface area (Å²) in [6, 6.07) is 1.78. The third-order valence-electron chi connectivity index (χ3n) is 4.08. The Morgan fingerprint density at radius 1 is 1.33 bits per heavy atom. The molecular formula is C14H23N3O. The molecule has 0 saturated heterocycles. The lowest BCUT2D eigenvalue weighted by Crippen LogP contribution is -2.31. The molecule has 1 aliphatic carbocycles. The van der Waals surface area contributed by atoms with Gasteiger partial charge in [-0.3, -0.25) is 9.89 Å². The first-order valence-electron chi connectivity index (χ1n) is 6.77. The van der Waals surface area contributed by atoms with Gasteiger partial charge in [-0.1, -0.05) is 20.8 Å². The van der Waals surface area contributed by atoms with Crippen LogP contribution in [0.4, 0.5) is 5.82 Å². The SMILES string of the molecule is CC(C)(C)C1CCC(C(=O)Nc2ccn[nH]2)CC1. The van der Waals surface area contributed by atoms with Gasteiger partial charge in [0.15, 0.2) is 0 Å². The minimum atomic E-state index is 0.131. The smallest absolute Gasteiger partial charge is 0.228 e. The molecule has 1 fully saturated rings. The van der Waals surface area contributed by atoms with Gasteiger partial charge in [-0.25, -0.2) is 0 Å². The normalized spacial score (nSPS) is 24.8. The van der Waals surface area contributed by atoms with E-state index in [1.807, 2.05) is 0 Å². The third kappa shape index (κ3) is 3.12. The van der Waals surface area contributed by atoms with E-state index in [1.54, 1.807) is 12.3 Å². The fraction of sp³-hybridized carbons (Fsp3) is 0.714. The Labute approximate surface area is 109 Å². The lowest BCUT2D eigenvalue weighted by molar-refractivity contribution is -0.121. The van der Waals surface area contributed by atoms with E-state index in [4.69, 9.17) is 0 Å². The number of nitrogens with zero attached hydrogens (tertiary/aromatic N) is 1. The zero-order chi connectivity index (χ0) is 13.2. The summed E-state index contributed by atoms with van der Waals surface area (Å²) in [6.45, 7) is 6.88. The standard InChI is InChI=1S/C14H23N3O/c1-14(2,3)11-6-4-10(5-7-11)13(18)16-12-8-9-15-17-12/h8-11H,4-7H2,1-3H3,(H2,15,16,17,18). The minimum Gasteiger partial charge on any atom is -0.311 e. The van der Waals surface area contributed by atoms with E-state index in [2.05, 4.69) is 36.3 Å². The van der Waals surface area contributed by atoms with E-state index in [0.29, 0.717) is 11.2 Å². The van der Waals surface area contributed by atoms with Crippen LogP contribution >= 0.6 is 0 Å². The molecule has 2 N–H and O–H groups in total. The van der Waals surface area contributed by atoms with Crippen molar-refractivity contribution in [1.29, 1.82) is 0 Å². The quantitative estimate of drug-likeness (QED) is 0.845. The van der Waals surface area contributed by atoms with Crippen LogP contribution < -0.4 is 5.32 Å². The molecule has 4 nitrogen and oxygen atoms in total. The summed E-state index contributed by atoms with van der Waals surface area (Å²) in [7, 11) is 0. The monoisotopic (exact) mass is 249 g/mol. The van der Waals surface area contributed by atoms with Crippen LogP contribution in [-0.4, -0.2) is 16.1 Å². The lowest BCUT2D eigenvalue weighted by Gasteiger charge is -2.36. The van der Waals surface area contributed by atoms with Crippen LogP contribution in [0.5, 0.6) is 0 Å². The predicted molar refractivity (Wildman–Crippen MR) is 72.1 cm³/mol. The molecule has 1 saturated carbocycles. The van der Waals surface area contributed by atoms with Gasteiger partial charge in [0.2, 0.25) is 5.91 Å². The maximum absolute atomic E-state index is 12.1. The van der Waals surface area contributed by atoms with Crippen molar-refractivity contribution in [3.8, 4) is 0 Å². The number of rotatable bonds is 2. The highest BCUT2D eigenvalue weighted by atomic mass is 16.1. The summed E-state index contributed by atoms with van der Waals surface area (Å²) in [5.41, 5.74) is 0.366. The Kier molecular flexibility index (Phi) is 3.73. The van der Waals surface area contributed by atoms with Crippen molar-refractivity contribution in [3.05, 3.63) is 12.3 Å². The number of anilines is 1. The second-order valence-electron chi connectivity index (χ2n) is 6.37. The van der Waals surface area contributed by atoms with Gasteiger partial charge in [-0.05, 0) is 37.0 Å². The Morgan fingerprint density at radius 2 is 2.00 bits per heavy atom. The van der Waals surface area contributed by atoms with E-state index >= 15 is 0 Å². The largest absolute Gasteiger partial charge is 0.311 e. The first kappa shape index (κ1) is 13.1. The van der Waals surface area contributed by atoms with Gasteiger partial charge in [-0.15, -0.1) is 0 Å². The van der Waals surface area contributed by atoms with Crippen molar-refractivity contribution < 1.29 is 4.79 Å². The summed E-state index contributed by atoms with van der Waals surface area (Å²) in [4.78, 5) is 12.1. The van der Waals surface area contributed by atoms with Crippen LogP contribution in [0.15, 0.2) is 12.3 Å². The van der Waals surface area contributed by atoms with Gasteiger partial charge in [0.05, 0.1) is 6.20 Å². The zero-order valence-corrected chi connectivity index (χ0v) is 11.5. The molecule has 0 bridgehead atoms. The third-order valence-corrected chi connectivity index (χ3v) is 4.08. The molecule has 1 heterocycles. The number of H-pyrrole nitrogens is 1. The molecule has 18 heavy (non-hydrogen) atoms. The maximum Gasteiger partial charge on any atom is 0.228 e. The van der Waals surface area contributed by atoms with Crippen LogP contribution in [0.25, 0.3) is 0 Å². The summed E-state index contributed by atoms with van der Waals surface area (Å²) in [6.07, 6.45) is 5.96. The lowest BCUT2D eigenvalue weighted by atomic mass is 9.70. The molecule has 1 amide bonds. The molecular weight excluding hydrogens is 226 g/mol. The van der Waals surface area contributed by atoms with Crippen LogP contribution in [0, 0.1) is 17.3 Å². The first-order valence-corrected chi connectivity index (χ1v) is 6.77. The highest BCUT2D eigenvalue weighted by Gasteiger charge is 2.32. The van der Waals surface area contributed by atoms with Crippen molar-refractivity contribution in [3.63, 3.8) is 0 Å². The number of aromatic amines is 1. The van der Waals surface area contributed by atoms with Gasteiger partial charge in [0.1, 0.15) is 5.82 Å². The Morgan fingerprint density at radius 3 is 2.50 bits per heavy atom. The van der Waals surface area contributed by atoms with E-state index in [-0.39, 0.29) is 11.8 Å². The Hall–Kier alpha value is -1.32. The summed E-state index contributed by atoms with van der Waals surface area (Å²) in [5, 5.41) is 9.47. The number of amides is 1. The number of carbonyl (C=O) groups excluding carboxylic acids is 1. The summed E-state index contributed by atoms with van der Waals surface area (Å²) < 4.78 is 0. The molecule has 0 unspecified atom stereocenters. The van der Waals surface area contributed by atoms with Crippen LogP contribution in [0.3, 0.4) is 0 Å². The number of nitrogens with one attached hydrogen (secondary N) is 2. The molecule has 0 aromatic carbocycles. The van der Waals surface area contributed by atoms with Gasteiger partial charge in [0.25, 0.3) is 0 Å². The van der Waals surface area contributed by atoms with Crippen LogP contribution in [0.2, 0.25) is 0 Å². The van der Waals surface area contributed by atoms with Crippen molar-refractivity contribution in [1.82, 2.24) is 10.2 Å². The minimum absolute atomic E-state index is 0.131. The topological polar surface area (TPSA) is 57.8 Å². The first-order chi connectivity index (χ1) is 8.47. The number of hydrogen-bond acceptors (Lipinski definition) is 2. The van der Waals surface area contributed by atoms with E-state index < -0.39 is 0 Å². The van der Waals surface area contributed by atoms with E-state index in [0.717, 1.165) is 31.6 Å². The van der Waals surface area contributed by atoms with Crippen LogP contribution in [0.1, 0.15) is 46.5 Å². The molecule has 4 heteroatoms. The molecule has 1 aromatic heterocycles. The second-order valence-corrected chi connectivity index (χ2v) is 6.37. The zero-order valence-electron chi connectivity index (χ0n) is 11.5. The molecule has 0 spiro atoms. The highest BCUT2D eigenvalue weighted by molar-refractivity contribution is 5.91. The number of hydrogen-bond donors (Lipinski definition) is 2. The molecule has 1 aliphatic rings. The Bertz CT molecular complexity index is 384. The highest BCUT2D eigenvalue weighted by Crippen LogP contribution is 2.39. The van der Waals surface area contributed by atoms with E-state index in [1.165, 1.54) is 0 Å². The average molecular weight is 249 g/mol. The Balaban J connectivity index is 1.84. The van der Waals surface area contributed by atoms with Crippen LogP contribution in [-0.2, 0) is 4.79 Å². The second kappa shape index (κ2) is 5.12. The fourth-order valence-electron chi connectivity index (χ4n) is 2.78. The molecule has 0 aliphatic heterocycles. The molecule has 100 valence electrons. The van der Waals surface area contributed by atoms with Crippen molar-refractivity contribution >= 4 is 11.7 Å². The van der Waals surface area contributed by atoms with Crippen molar-refractivity contribution in [2.45, 2.75) is 46.5 Å². The fourth-order valence-corrected chi connectivity index (χ4v) is 2.78. The van der Waals surface area contributed by atoms with E-state index in [9.17, 15) is 4.79 Å². The molecule has 2 rings (SSSR count). The number of aromatic nitrogens is 2. The molecule has 0 radical (unpaired) electrons. The summed E-state index contributed by atoms with van der Waals surface area (Å²) in [5.74, 6) is 1.73. The van der Waals surface area contributed by atoms with Gasteiger partial charge in [0, 0.05) is 12.0 Å².